The maximum absolute atomic E-state index is 14.5. The largest absolute Gasteiger partial charge is 0.486 e. The Balaban J connectivity index is 1.95. The zero-order chi connectivity index (χ0) is 27.7. The molecule has 10 nitrogen and oxygen atoms in total. The molecular weight excluding hydrogens is 585 g/mol. The molecule has 2 heterocycles. The van der Waals surface area contributed by atoms with E-state index in [1.807, 2.05) is 63.2 Å². The van der Waals surface area contributed by atoms with Crippen LogP contribution < -0.4 is 24.3 Å². The number of amides is 2. The van der Waals surface area contributed by atoms with Crippen LogP contribution in [0, 0.1) is 10.1 Å². The number of rotatable bonds is 7. The number of non-ortho nitro benzene ring substituents is 1. The van der Waals surface area contributed by atoms with E-state index in [1.54, 1.807) is 15.6 Å². The molecule has 0 spiro atoms. The van der Waals surface area contributed by atoms with Crippen molar-refractivity contribution in [3.63, 3.8) is 0 Å². The van der Waals surface area contributed by atoms with Crippen LogP contribution in [0.1, 0.15) is 20.8 Å². The van der Waals surface area contributed by atoms with Crippen molar-refractivity contribution < 1.29 is 19.2 Å². The normalized spacial score (nSPS) is 18.2. The van der Waals surface area contributed by atoms with E-state index in [9.17, 15) is 14.9 Å². The summed E-state index contributed by atoms with van der Waals surface area (Å²) in [5.41, 5.74) is 1.70. The molecule has 5 rings (SSSR count). The van der Waals surface area contributed by atoms with E-state index in [0.29, 0.717) is 65.9 Å². The highest BCUT2D eigenvalue weighted by Crippen LogP contribution is 2.64. The minimum Gasteiger partial charge on any atom is -0.486 e. The number of nitro benzene ring substituents is 1. The summed E-state index contributed by atoms with van der Waals surface area (Å²) in [5.74, 6) is 1.17. The van der Waals surface area contributed by atoms with Gasteiger partial charge in [-0.15, -0.1) is 0 Å². The van der Waals surface area contributed by atoms with Crippen molar-refractivity contribution in [2.24, 2.45) is 4.74 Å². The third-order valence-corrected chi connectivity index (χ3v) is 11.0. The lowest BCUT2D eigenvalue weighted by atomic mass is 10.2. The zero-order valence-corrected chi connectivity index (χ0v) is 24.4. The van der Waals surface area contributed by atoms with Gasteiger partial charge in [0.1, 0.15) is 13.2 Å². The molecular formula is C27H29BrN5O5P. The van der Waals surface area contributed by atoms with Crippen LogP contribution in [0.15, 0.2) is 69.9 Å². The highest BCUT2D eigenvalue weighted by atomic mass is 79.9. The van der Waals surface area contributed by atoms with Crippen LogP contribution in [0.3, 0.4) is 0 Å². The van der Waals surface area contributed by atoms with Gasteiger partial charge in [-0.1, -0.05) is 48.0 Å². The van der Waals surface area contributed by atoms with Gasteiger partial charge in [-0.25, -0.2) is 18.9 Å². The molecule has 39 heavy (non-hydrogen) atoms. The smallest absolute Gasteiger partial charge is 0.334 e. The number of benzene rings is 3. The lowest BCUT2D eigenvalue weighted by molar-refractivity contribution is -0.384. The monoisotopic (exact) mass is 613 g/mol. The summed E-state index contributed by atoms with van der Waals surface area (Å²) in [7, 11) is -3.15. The number of hydrogen-bond acceptors (Lipinski definition) is 6. The first-order valence-corrected chi connectivity index (χ1v) is 15.2. The summed E-state index contributed by atoms with van der Waals surface area (Å²) in [4.78, 5) is 27.5. The average molecular weight is 614 g/mol. The molecule has 2 amide bonds. The SMILES string of the molecule is CCN1C(=O)N(c2ccccc2)P(=Nc2cc(Br)cc([N+](=O)[O-])c2)(N(CC)CC)c2cc3c(cc21)OCCO3. The second kappa shape index (κ2) is 11.0. The summed E-state index contributed by atoms with van der Waals surface area (Å²) in [6.45, 7) is 8.42. The van der Waals surface area contributed by atoms with Crippen molar-refractivity contribution in [3.8, 4) is 11.5 Å². The van der Waals surface area contributed by atoms with Crippen LogP contribution in [0.5, 0.6) is 11.5 Å². The predicted molar refractivity (Wildman–Crippen MR) is 157 cm³/mol. The number of carbonyl (C=O) groups is 1. The lowest BCUT2D eigenvalue weighted by Crippen LogP contribution is -2.53. The Labute approximate surface area is 235 Å². The Morgan fingerprint density at radius 1 is 1.03 bits per heavy atom. The first kappa shape index (κ1) is 27.2. The number of fused-ring (bicyclic) bond motifs is 2. The van der Waals surface area contributed by atoms with Crippen LogP contribution in [0.25, 0.3) is 0 Å². The molecule has 0 radical (unpaired) electrons. The molecule has 0 N–H and O–H groups in total. The summed E-state index contributed by atoms with van der Waals surface area (Å²) in [6, 6.07) is 17.7. The van der Waals surface area contributed by atoms with Gasteiger partial charge in [0.05, 0.1) is 27.3 Å². The summed E-state index contributed by atoms with van der Waals surface area (Å²) in [6.07, 6.45) is 0. The van der Waals surface area contributed by atoms with Crippen molar-refractivity contribution in [1.29, 1.82) is 0 Å². The maximum Gasteiger partial charge on any atom is 0.334 e. The molecule has 0 saturated carbocycles. The van der Waals surface area contributed by atoms with E-state index in [2.05, 4.69) is 20.6 Å². The molecule has 0 aromatic heterocycles. The van der Waals surface area contributed by atoms with Gasteiger partial charge in [0, 0.05) is 42.3 Å². The fourth-order valence-corrected chi connectivity index (χ4v) is 9.43. The van der Waals surface area contributed by atoms with E-state index in [0.717, 1.165) is 5.30 Å². The Hall–Kier alpha value is -3.40. The molecule has 1 unspecified atom stereocenters. The standard InChI is InChI=1S/C27H29BrN5O5P/c1-4-30(5-2)39(29-20-14-19(28)15-22(16-20)33(35)36)26-18-25-24(37-12-13-38-25)17-23(26)31(6-3)27(34)32(39)21-10-8-7-9-11-21/h7-11,14-18H,4-6,12-13H2,1-3H3. The second-order valence-electron chi connectivity index (χ2n) is 8.89. The van der Waals surface area contributed by atoms with E-state index in [1.165, 1.54) is 12.1 Å². The van der Waals surface area contributed by atoms with Gasteiger partial charge >= 0.3 is 6.03 Å². The molecule has 0 bridgehead atoms. The molecule has 12 heteroatoms. The van der Waals surface area contributed by atoms with Gasteiger partial charge in [-0.3, -0.25) is 15.0 Å². The molecule has 0 aliphatic carbocycles. The molecule has 1 atom stereocenters. The minimum absolute atomic E-state index is 0.0898. The maximum atomic E-state index is 14.5. The molecule has 204 valence electrons. The third-order valence-electron chi connectivity index (χ3n) is 6.72. The zero-order valence-electron chi connectivity index (χ0n) is 21.9. The van der Waals surface area contributed by atoms with Crippen molar-refractivity contribution in [3.05, 3.63) is 75.3 Å². The number of ether oxygens (including phenoxy) is 2. The highest BCUT2D eigenvalue weighted by molar-refractivity contribution is 9.10. The molecule has 3 aromatic carbocycles. The van der Waals surface area contributed by atoms with Crippen LogP contribution in [0.4, 0.5) is 27.5 Å². The second-order valence-corrected chi connectivity index (χ2v) is 12.6. The molecule has 0 fully saturated rings. The number of nitro groups is 1. The average Bonchev–Trinajstić information content (AvgIpc) is 2.93. The van der Waals surface area contributed by atoms with E-state index in [-0.39, 0.29) is 11.7 Å². The number of carbonyl (C=O) groups excluding carboxylic acids is 1. The number of para-hydroxylation sites is 1. The number of halogens is 1. The Morgan fingerprint density at radius 2 is 1.69 bits per heavy atom. The first-order valence-electron chi connectivity index (χ1n) is 12.8. The summed E-state index contributed by atoms with van der Waals surface area (Å²) < 4.78 is 21.7. The Morgan fingerprint density at radius 3 is 2.31 bits per heavy atom. The van der Waals surface area contributed by atoms with Crippen LogP contribution in [-0.2, 0) is 0 Å². The van der Waals surface area contributed by atoms with Gasteiger partial charge in [-0.05, 0) is 31.2 Å². The van der Waals surface area contributed by atoms with E-state index < -0.39 is 12.3 Å². The molecule has 3 aromatic rings. The fraction of sp³-hybridized carbons (Fsp3) is 0.296. The van der Waals surface area contributed by atoms with Gasteiger partial charge in [0.15, 0.2) is 18.9 Å². The van der Waals surface area contributed by atoms with Crippen molar-refractivity contribution in [1.82, 2.24) is 4.67 Å². The Kier molecular flexibility index (Phi) is 7.66. The van der Waals surface area contributed by atoms with Gasteiger partial charge in [0.2, 0.25) is 0 Å². The van der Waals surface area contributed by atoms with Gasteiger partial charge in [-0.2, -0.15) is 0 Å². The summed E-state index contributed by atoms with van der Waals surface area (Å²) >= 11 is 3.42. The molecule has 2 aliphatic heterocycles. The van der Waals surface area contributed by atoms with Crippen LogP contribution in [-0.4, -0.2) is 48.5 Å². The predicted octanol–water partition coefficient (Wildman–Crippen LogP) is 6.93. The van der Waals surface area contributed by atoms with Crippen molar-refractivity contribution >= 4 is 57.4 Å². The van der Waals surface area contributed by atoms with Gasteiger partial charge in [0.25, 0.3) is 5.69 Å². The minimum atomic E-state index is -3.15. The third kappa shape index (κ3) is 4.68. The highest BCUT2D eigenvalue weighted by Gasteiger charge is 2.48. The van der Waals surface area contributed by atoms with Gasteiger partial charge < -0.3 is 9.47 Å². The first-order chi connectivity index (χ1) is 18.8. The quantitative estimate of drug-likeness (QED) is 0.163. The number of anilines is 2. The van der Waals surface area contributed by atoms with Crippen molar-refractivity contribution in [2.75, 3.05) is 42.4 Å². The fourth-order valence-electron chi connectivity index (χ4n) is 5.06. The summed E-state index contributed by atoms with van der Waals surface area (Å²) in [5, 5.41) is 12.6. The lowest BCUT2D eigenvalue weighted by Gasteiger charge is -2.49. The van der Waals surface area contributed by atoms with Crippen LogP contribution >= 0.6 is 23.3 Å². The van der Waals surface area contributed by atoms with Crippen LogP contribution in [0.2, 0.25) is 0 Å². The number of urea groups is 1. The van der Waals surface area contributed by atoms with Crippen molar-refractivity contribution in [2.45, 2.75) is 20.8 Å². The Bertz CT molecular complexity index is 1480. The number of nitrogens with zero attached hydrogens (tertiary/aromatic N) is 5. The van der Waals surface area contributed by atoms with E-state index >= 15 is 0 Å². The number of hydrogen-bond donors (Lipinski definition) is 0. The van der Waals surface area contributed by atoms with E-state index in [4.69, 9.17) is 14.2 Å². The molecule has 0 saturated heterocycles. The topological polar surface area (TPSA) is 101 Å². The molecule has 2 aliphatic rings.